The largest absolute Gasteiger partial charge is 0.462 e. The van der Waals surface area contributed by atoms with Gasteiger partial charge in [-0.15, -0.1) is 0 Å². The van der Waals surface area contributed by atoms with E-state index in [9.17, 15) is 20.1 Å². The Kier molecular flexibility index (Phi) is 7.44. The van der Waals surface area contributed by atoms with Crippen molar-refractivity contribution in [3.8, 4) is 0 Å². The SMILES string of the molecule is COC1OC(C(O)C(C)(C)O)CC1C1CC=C2C1(C)CCC1C3(C)CCC(OC(C)=O)C(C)(C)C3CC(O)C21C. The molecule has 12 unspecified atom stereocenters. The molecule has 0 aromatic heterocycles. The van der Waals surface area contributed by atoms with E-state index in [-0.39, 0.29) is 51.5 Å². The molecule has 3 N–H and O–H groups in total. The summed E-state index contributed by atoms with van der Waals surface area (Å²) in [6.07, 6.45) is 6.11. The van der Waals surface area contributed by atoms with Crippen LogP contribution in [-0.2, 0) is 19.0 Å². The molecule has 4 fully saturated rings. The van der Waals surface area contributed by atoms with Crippen LogP contribution in [0.25, 0.3) is 0 Å². The van der Waals surface area contributed by atoms with Crippen LogP contribution < -0.4 is 0 Å². The highest BCUT2D eigenvalue weighted by Gasteiger charge is 2.69. The van der Waals surface area contributed by atoms with Crippen LogP contribution in [0.5, 0.6) is 0 Å². The number of hydrogen-bond acceptors (Lipinski definition) is 7. The number of aliphatic hydroxyl groups is 3. The number of rotatable bonds is 5. The Hall–Kier alpha value is -0.990. The van der Waals surface area contributed by atoms with Crippen molar-refractivity contribution < 1.29 is 34.3 Å². The predicted octanol–water partition coefficient (Wildman–Crippen LogP) is 5.00. The average molecular weight is 563 g/mol. The van der Waals surface area contributed by atoms with Gasteiger partial charge in [0.1, 0.15) is 12.2 Å². The first kappa shape index (κ1) is 30.5. The highest BCUT2D eigenvalue weighted by molar-refractivity contribution is 5.66. The summed E-state index contributed by atoms with van der Waals surface area (Å²) in [5.41, 5.74) is -0.453. The lowest BCUT2D eigenvalue weighted by Crippen LogP contribution is -2.65. The third kappa shape index (κ3) is 4.27. The Morgan fingerprint density at radius 1 is 1.10 bits per heavy atom. The van der Waals surface area contributed by atoms with E-state index in [0.717, 1.165) is 32.1 Å². The van der Waals surface area contributed by atoms with Crippen LogP contribution in [0.3, 0.4) is 0 Å². The number of methoxy groups -OCH3 is 1. The van der Waals surface area contributed by atoms with Crippen LogP contribution in [0.1, 0.15) is 100 Å². The molecule has 1 saturated heterocycles. The molecular weight excluding hydrogens is 508 g/mol. The van der Waals surface area contributed by atoms with E-state index in [1.54, 1.807) is 21.0 Å². The highest BCUT2D eigenvalue weighted by Crippen LogP contribution is 2.73. The molecule has 0 radical (unpaired) electrons. The molecule has 12 atom stereocenters. The summed E-state index contributed by atoms with van der Waals surface area (Å²) in [6, 6.07) is 0. The van der Waals surface area contributed by atoms with E-state index in [0.29, 0.717) is 18.8 Å². The van der Waals surface area contributed by atoms with Crippen LogP contribution in [0, 0.1) is 45.3 Å². The maximum absolute atomic E-state index is 12.1. The molecule has 7 heteroatoms. The number of carbonyl (C=O) groups excluding carboxylic acids is 1. The van der Waals surface area contributed by atoms with Gasteiger partial charge in [0.25, 0.3) is 0 Å². The normalized spacial score (nSPS) is 49.0. The number of allylic oxidation sites excluding steroid dienone is 1. The zero-order valence-corrected chi connectivity index (χ0v) is 26.2. The fourth-order valence-electron chi connectivity index (χ4n) is 11.0. The van der Waals surface area contributed by atoms with Gasteiger partial charge in [-0.2, -0.15) is 0 Å². The second-order valence-electron chi connectivity index (χ2n) is 15.8. The molecule has 7 nitrogen and oxygen atoms in total. The van der Waals surface area contributed by atoms with Gasteiger partial charge >= 0.3 is 5.97 Å². The van der Waals surface area contributed by atoms with Gasteiger partial charge in [-0.05, 0) is 87.4 Å². The molecule has 0 amide bonds. The molecule has 5 aliphatic rings. The van der Waals surface area contributed by atoms with Gasteiger partial charge in [0.2, 0.25) is 0 Å². The van der Waals surface area contributed by atoms with Crippen LogP contribution in [0.2, 0.25) is 0 Å². The molecule has 0 aromatic carbocycles. The van der Waals surface area contributed by atoms with Crippen molar-refractivity contribution in [1.82, 2.24) is 0 Å². The molecule has 0 spiro atoms. The Labute approximate surface area is 241 Å². The third-order valence-corrected chi connectivity index (χ3v) is 13.0. The fraction of sp³-hybridized carbons (Fsp3) is 0.909. The standard InChI is InChI=1S/C33H54O7/c1-18(34)39-26-13-15-32(7)23-12-14-31(6)20(19-16-21(40-28(19)38-9)27(36)30(4,5)37)10-11-22(31)33(23,8)25(35)17-24(32)29(26,2)3/h11,19-21,23-28,35-37H,10,12-17H2,1-9H3. The number of fused-ring (bicyclic) bond motifs is 5. The van der Waals surface area contributed by atoms with Crippen LogP contribution >= 0.6 is 0 Å². The molecule has 0 aromatic rings. The summed E-state index contributed by atoms with van der Waals surface area (Å²) in [4.78, 5) is 11.9. The summed E-state index contributed by atoms with van der Waals surface area (Å²) in [7, 11) is 1.67. The van der Waals surface area contributed by atoms with E-state index >= 15 is 0 Å². The molecule has 5 rings (SSSR count). The average Bonchev–Trinajstić information content (AvgIpc) is 3.43. The number of aliphatic hydroxyl groups excluding tert-OH is 2. The van der Waals surface area contributed by atoms with E-state index in [2.05, 4.69) is 40.7 Å². The van der Waals surface area contributed by atoms with Gasteiger partial charge < -0.3 is 29.5 Å². The van der Waals surface area contributed by atoms with Crippen LogP contribution in [0.15, 0.2) is 11.6 Å². The zero-order chi connectivity index (χ0) is 29.6. The summed E-state index contributed by atoms with van der Waals surface area (Å²) in [5, 5.41) is 33.4. The van der Waals surface area contributed by atoms with Crippen LogP contribution in [-0.4, -0.2) is 64.7 Å². The predicted molar refractivity (Wildman–Crippen MR) is 152 cm³/mol. The number of esters is 1. The second-order valence-corrected chi connectivity index (χ2v) is 15.8. The van der Waals surface area contributed by atoms with Crippen molar-refractivity contribution in [1.29, 1.82) is 0 Å². The first-order chi connectivity index (χ1) is 18.4. The van der Waals surface area contributed by atoms with Crippen molar-refractivity contribution in [3.63, 3.8) is 0 Å². The van der Waals surface area contributed by atoms with Crippen LogP contribution in [0.4, 0.5) is 0 Å². The summed E-state index contributed by atoms with van der Waals surface area (Å²) in [5.74, 6) is 0.748. The van der Waals surface area contributed by atoms with Gasteiger partial charge in [0, 0.05) is 30.8 Å². The number of carbonyl (C=O) groups is 1. The Bertz CT molecular complexity index is 1030. The molecule has 3 saturated carbocycles. The van der Waals surface area contributed by atoms with Crippen molar-refractivity contribution >= 4 is 5.97 Å². The van der Waals surface area contributed by atoms with Gasteiger partial charge in [0.15, 0.2) is 6.29 Å². The first-order valence-corrected chi connectivity index (χ1v) is 15.6. The highest BCUT2D eigenvalue weighted by atomic mass is 16.7. The zero-order valence-electron chi connectivity index (χ0n) is 26.2. The summed E-state index contributed by atoms with van der Waals surface area (Å²) in [6.45, 7) is 16.4. The molecule has 1 heterocycles. The minimum atomic E-state index is -1.26. The third-order valence-electron chi connectivity index (χ3n) is 13.0. The Morgan fingerprint density at radius 2 is 1.77 bits per heavy atom. The van der Waals surface area contributed by atoms with Gasteiger partial charge in [0.05, 0.1) is 17.8 Å². The molecule has 228 valence electrons. The molecule has 0 bridgehead atoms. The lowest BCUT2D eigenvalue weighted by atomic mass is 9.37. The minimum absolute atomic E-state index is 0.0435. The van der Waals surface area contributed by atoms with Crippen molar-refractivity contribution in [2.45, 2.75) is 137 Å². The second kappa shape index (κ2) is 9.77. The van der Waals surface area contributed by atoms with E-state index in [1.165, 1.54) is 12.5 Å². The quantitative estimate of drug-likeness (QED) is 0.320. The Morgan fingerprint density at radius 3 is 2.38 bits per heavy atom. The minimum Gasteiger partial charge on any atom is -0.462 e. The van der Waals surface area contributed by atoms with Gasteiger partial charge in [-0.3, -0.25) is 4.79 Å². The fourth-order valence-corrected chi connectivity index (χ4v) is 11.0. The summed E-state index contributed by atoms with van der Waals surface area (Å²) < 4.78 is 17.9. The smallest absolute Gasteiger partial charge is 0.302 e. The number of hydrogen-bond donors (Lipinski definition) is 3. The Balaban J connectivity index is 1.44. The van der Waals surface area contributed by atoms with Crippen molar-refractivity contribution in [3.05, 3.63) is 11.6 Å². The lowest BCUT2D eigenvalue weighted by molar-refractivity contribution is -0.221. The maximum Gasteiger partial charge on any atom is 0.302 e. The van der Waals surface area contributed by atoms with Gasteiger partial charge in [-0.1, -0.05) is 46.3 Å². The van der Waals surface area contributed by atoms with E-state index in [4.69, 9.17) is 14.2 Å². The lowest BCUT2D eigenvalue weighted by Gasteiger charge is -2.68. The number of ether oxygens (including phenoxy) is 3. The monoisotopic (exact) mass is 562 g/mol. The topological polar surface area (TPSA) is 105 Å². The molecular formula is C33H54O7. The molecule has 40 heavy (non-hydrogen) atoms. The van der Waals surface area contributed by atoms with Gasteiger partial charge in [-0.25, -0.2) is 0 Å². The summed E-state index contributed by atoms with van der Waals surface area (Å²) >= 11 is 0. The first-order valence-electron chi connectivity index (χ1n) is 15.6. The van der Waals surface area contributed by atoms with E-state index < -0.39 is 30.2 Å². The molecule has 1 aliphatic heterocycles. The van der Waals surface area contributed by atoms with Crippen molar-refractivity contribution in [2.75, 3.05) is 7.11 Å². The maximum atomic E-state index is 12.1. The van der Waals surface area contributed by atoms with Crippen molar-refractivity contribution in [2.24, 2.45) is 45.3 Å². The van der Waals surface area contributed by atoms with E-state index in [1.807, 2.05) is 0 Å². The molecule has 4 aliphatic carbocycles.